The molecule has 0 aromatic heterocycles. The highest BCUT2D eigenvalue weighted by Crippen LogP contribution is 2.25. The molecule has 0 spiro atoms. The molecule has 0 saturated carbocycles. The van der Waals surface area contributed by atoms with Crippen LogP contribution in [0.25, 0.3) is 0 Å². The topological polar surface area (TPSA) is 35.8 Å². The van der Waals surface area contributed by atoms with Gasteiger partial charge in [0, 0.05) is 11.7 Å². The number of hydrogen-bond donors (Lipinski definition) is 1. The lowest BCUT2D eigenvalue weighted by molar-refractivity contribution is 0.442. The molecule has 0 unspecified atom stereocenters. The fraction of sp³-hybridized carbons (Fsp3) is 0.632. The molecule has 0 bridgehead atoms. The highest BCUT2D eigenvalue weighted by molar-refractivity contribution is 5.47. The number of nitrogens with zero attached hydrogens (tertiary/aromatic N) is 1. The Kier molecular flexibility index (Phi) is 6.27. The van der Waals surface area contributed by atoms with E-state index in [1.165, 1.54) is 12.8 Å². The molecule has 0 aliphatic heterocycles. The lowest BCUT2D eigenvalue weighted by Crippen LogP contribution is -2.23. The van der Waals surface area contributed by atoms with Gasteiger partial charge in [-0.3, -0.25) is 0 Å². The van der Waals surface area contributed by atoms with Gasteiger partial charge >= 0.3 is 0 Å². The van der Waals surface area contributed by atoms with Crippen molar-refractivity contribution in [3.8, 4) is 6.07 Å². The molecule has 2 heteroatoms. The van der Waals surface area contributed by atoms with E-state index in [0.29, 0.717) is 17.9 Å². The van der Waals surface area contributed by atoms with E-state index in [9.17, 15) is 5.26 Å². The third-order valence-electron chi connectivity index (χ3n) is 3.77. The molecule has 0 fully saturated rings. The number of anilines is 1. The smallest absolute Gasteiger partial charge is 0.0766 e. The van der Waals surface area contributed by atoms with Gasteiger partial charge in [0.25, 0.3) is 0 Å². The maximum Gasteiger partial charge on any atom is 0.0766 e. The van der Waals surface area contributed by atoms with Crippen molar-refractivity contribution in [3.05, 3.63) is 29.8 Å². The van der Waals surface area contributed by atoms with Crippen LogP contribution < -0.4 is 5.32 Å². The summed E-state index contributed by atoms with van der Waals surface area (Å²) in [4.78, 5) is 0. The van der Waals surface area contributed by atoms with Crippen molar-refractivity contribution in [1.29, 1.82) is 5.26 Å². The second kappa shape index (κ2) is 7.50. The summed E-state index contributed by atoms with van der Waals surface area (Å²) in [5.41, 5.74) is 1.80. The SMILES string of the molecule is CC(C)CC(CC(C)C)Nc1ccc(C(C)(C)C#N)cc1. The van der Waals surface area contributed by atoms with Gasteiger partial charge < -0.3 is 5.32 Å². The fourth-order valence-electron chi connectivity index (χ4n) is 2.64. The molecule has 21 heavy (non-hydrogen) atoms. The first-order valence-electron chi connectivity index (χ1n) is 8.03. The molecular weight excluding hydrogens is 256 g/mol. The molecule has 0 amide bonds. The van der Waals surface area contributed by atoms with Gasteiger partial charge in [0.05, 0.1) is 11.5 Å². The molecule has 2 nitrogen and oxygen atoms in total. The van der Waals surface area contributed by atoms with E-state index in [0.717, 1.165) is 11.3 Å². The quantitative estimate of drug-likeness (QED) is 0.732. The summed E-state index contributed by atoms with van der Waals surface area (Å²) < 4.78 is 0. The second-order valence-corrected chi connectivity index (χ2v) is 7.41. The van der Waals surface area contributed by atoms with E-state index in [4.69, 9.17) is 0 Å². The number of benzene rings is 1. The molecule has 0 heterocycles. The van der Waals surface area contributed by atoms with Crippen LogP contribution in [0.5, 0.6) is 0 Å². The maximum absolute atomic E-state index is 9.19. The van der Waals surface area contributed by atoms with Crippen molar-refractivity contribution >= 4 is 5.69 Å². The van der Waals surface area contributed by atoms with Crippen LogP contribution in [0.2, 0.25) is 0 Å². The first-order chi connectivity index (χ1) is 9.74. The standard InChI is InChI=1S/C19H30N2/c1-14(2)11-18(12-15(3)4)21-17-9-7-16(8-10-17)19(5,6)13-20/h7-10,14-15,18,21H,11-12H2,1-6H3. The lowest BCUT2D eigenvalue weighted by Gasteiger charge is -2.24. The predicted molar refractivity (Wildman–Crippen MR) is 91.4 cm³/mol. The summed E-state index contributed by atoms with van der Waals surface area (Å²) in [7, 11) is 0. The monoisotopic (exact) mass is 286 g/mol. The number of rotatable bonds is 7. The van der Waals surface area contributed by atoms with E-state index >= 15 is 0 Å². The van der Waals surface area contributed by atoms with Crippen molar-refractivity contribution < 1.29 is 0 Å². The van der Waals surface area contributed by atoms with Gasteiger partial charge in [0.1, 0.15) is 0 Å². The van der Waals surface area contributed by atoms with Crippen LogP contribution in [0.4, 0.5) is 5.69 Å². The van der Waals surface area contributed by atoms with Crippen LogP contribution in [-0.4, -0.2) is 6.04 Å². The second-order valence-electron chi connectivity index (χ2n) is 7.41. The zero-order valence-corrected chi connectivity index (χ0v) is 14.4. The summed E-state index contributed by atoms with van der Waals surface area (Å²) in [6, 6.07) is 11.2. The highest BCUT2D eigenvalue weighted by atomic mass is 14.9. The van der Waals surface area contributed by atoms with Crippen LogP contribution in [0.3, 0.4) is 0 Å². The van der Waals surface area contributed by atoms with Gasteiger partial charge in [-0.05, 0) is 56.2 Å². The Hall–Kier alpha value is -1.49. The highest BCUT2D eigenvalue weighted by Gasteiger charge is 2.19. The molecule has 1 aromatic carbocycles. The molecule has 1 N–H and O–H groups in total. The third-order valence-corrected chi connectivity index (χ3v) is 3.77. The van der Waals surface area contributed by atoms with Gasteiger partial charge in [-0.25, -0.2) is 0 Å². The van der Waals surface area contributed by atoms with Crippen LogP contribution >= 0.6 is 0 Å². The van der Waals surface area contributed by atoms with Gasteiger partial charge in [-0.15, -0.1) is 0 Å². The first kappa shape index (κ1) is 17.6. The summed E-state index contributed by atoms with van der Waals surface area (Å²) >= 11 is 0. The molecule has 0 radical (unpaired) electrons. The molecule has 116 valence electrons. The zero-order chi connectivity index (χ0) is 16.0. The van der Waals surface area contributed by atoms with Gasteiger partial charge in [0.15, 0.2) is 0 Å². The molecule has 0 atom stereocenters. The average Bonchev–Trinajstić information content (AvgIpc) is 2.37. The Labute approximate surface area is 130 Å². The van der Waals surface area contributed by atoms with Gasteiger partial charge in [-0.1, -0.05) is 39.8 Å². The molecular formula is C19H30N2. The fourth-order valence-corrected chi connectivity index (χ4v) is 2.64. The van der Waals surface area contributed by atoms with E-state index < -0.39 is 5.41 Å². The van der Waals surface area contributed by atoms with Crippen molar-refractivity contribution in [2.45, 2.75) is 65.8 Å². The summed E-state index contributed by atoms with van der Waals surface area (Å²) in [5, 5.41) is 12.9. The Bertz CT molecular complexity index is 453. The number of nitrogens with one attached hydrogen (secondary N) is 1. The van der Waals surface area contributed by atoms with Gasteiger partial charge in [0.2, 0.25) is 0 Å². The van der Waals surface area contributed by atoms with Crippen LogP contribution in [-0.2, 0) is 5.41 Å². The Morgan fingerprint density at radius 3 is 1.86 bits per heavy atom. The van der Waals surface area contributed by atoms with Crippen molar-refractivity contribution in [2.75, 3.05) is 5.32 Å². The number of nitriles is 1. The Morgan fingerprint density at radius 1 is 1.00 bits per heavy atom. The van der Waals surface area contributed by atoms with E-state index in [-0.39, 0.29) is 0 Å². The molecule has 0 saturated heterocycles. The third kappa shape index (κ3) is 5.79. The normalized spacial score (nSPS) is 12.0. The van der Waals surface area contributed by atoms with E-state index in [1.807, 2.05) is 13.8 Å². The van der Waals surface area contributed by atoms with Crippen molar-refractivity contribution in [2.24, 2.45) is 11.8 Å². The van der Waals surface area contributed by atoms with E-state index in [2.05, 4.69) is 63.3 Å². The predicted octanol–water partition coefficient (Wildman–Crippen LogP) is 5.36. The average molecular weight is 286 g/mol. The van der Waals surface area contributed by atoms with E-state index in [1.54, 1.807) is 0 Å². The number of hydrogen-bond acceptors (Lipinski definition) is 2. The van der Waals surface area contributed by atoms with Crippen molar-refractivity contribution in [3.63, 3.8) is 0 Å². The largest absolute Gasteiger partial charge is 0.382 e. The minimum Gasteiger partial charge on any atom is -0.382 e. The van der Waals surface area contributed by atoms with Crippen LogP contribution in [0.1, 0.15) is 59.9 Å². The first-order valence-corrected chi connectivity index (χ1v) is 8.03. The summed E-state index contributed by atoms with van der Waals surface area (Å²) in [6.45, 7) is 13.0. The summed E-state index contributed by atoms with van der Waals surface area (Å²) in [5.74, 6) is 1.39. The lowest BCUT2D eigenvalue weighted by atomic mass is 9.86. The van der Waals surface area contributed by atoms with Crippen LogP contribution in [0, 0.1) is 23.2 Å². The molecule has 1 aromatic rings. The minimum absolute atomic E-state index is 0.423. The zero-order valence-electron chi connectivity index (χ0n) is 14.4. The molecule has 0 aliphatic carbocycles. The Balaban J connectivity index is 2.78. The minimum atomic E-state index is -0.423. The van der Waals surface area contributed by atoms with Crippen molar-refractivity contribution in [1.82, 2.24) is 0 Å². The Morgan fingerprint density at radius 2 is 1.48 bits per heavy atom. The maximum atomic E-state index is 9.19. The van der Waals surface area contributed by atoms with Gasteiger partial charge in [-0.2, -0.15) is 5.26 Å². The molecule has 1 rings (SSSR count). The summed E-state index contributed by atoms with van der Waals surface area (Å²) in [6.07, 6.45) is 2.37. The van der Waals surface area contributed by atoms with Crippen LogP contribution in [0.15, 0.2) is 24.3 Å². The molecule has 0 aliphatic rings.